The topological polar surface area (TPSA) is 37.6 Å². The predicted octanol–water partition coefficient (Wildman–Crippen LogP) is 3.01. The van der Waals surface area contributed by atoms with Crippen LogP contribution in [0.3, 0.4) is 0 Å². The molecule has 1 fully saturated rings. The van der Waals surface area contributed by atoms with E-state index in [2.05, 4.69) is 18.7 Å². The molecule has 1 atom stereocenters. The molecular weight excluding hydrogens is 274 g/mol. The number of piperidine rings is 1. The number of hydrogen-bond donors (Lipinski definition) is 0. The van der Waals surface area contributed by atoms with E-state index in [-0.39, 0.29) is 5.56 Å². The van der Waals surface area contributed by atoms with Gasteiger partial charge in [-0.15, -0.1) is 0 Å². The molecule has 2 aromatic heterocycles. The highest BCUT2D eigenvalue weighted by Gasteiger charge is 2.25. The molecular formula is C18H25N3O. The number of likely N-dealkylation sites (tertiary alicyclic amines) is 1. The van der Waals surface area contributed by atoms with Crippen molar-refractivity contribution in [1.82, 2.24) is 14.3 Å². The van der Waals surface area contributed by atoms with E-state index in [9.17, 15) is 4.79 Å². The summed E-state index contributed by atoms with van der Waals surface area (Å²) >= 11 is 0. The van der Waals surface area contributed by atoms with Gasteiger partial charge in [-0.1, -0.05) is 26.3 Å². The molecule has 0 bridgehead atoms. The molecule has 1 aliphatic heterocycles. The van der Waals surface area contributed by atoms with Crippen molar-refractivity contribution in [3.05, 3.63) is 46.0 Å². The molecule has 4 nitrogen and oxygen atoms in total. The van der Waals surface area contributed by atoms with Gasteiger partial charge in [0.05, 0.1) is 5.69 Å². The zero-order valence-electron chi connectivity index (χ0n) is 13.7. The Morgan fingerprint density at radius 2 is 2.18 bits per heavy atom. The highest BCUT2D eigenvalue weighted by atomic mass is 16.1. The fraction of sp³-hybridized carbons (Fsp3) is 0.556. The Labute approximate surface area is 131 Å². The largest absolute Gasteiger partial charge is 0.294 e. The van der Waals surface area contributed by atoms with Crippen LogP contribution in [-0.2, 0) is 6.54 Å². The van der Waals surface area contributed by atoms with Crippen molar-refractivity contribution in [3.63, 3.8) is 0 Å². The quantitative estimate of drug-likeness (QED) is 0.874. The van der Waals surface area contributed by atoms with Crippen molar-refractivity contribution in [2.45, 2.75) is 52.6 Å². The summed E-state index contributed by atoms with van der Waals surface area (Å²) in [6.45, 7) is 8.47. The summed E-state index contributed by atoms with van der Waals surface area (Å²) in [5, 5.41) is 0. The summed E-state index contributed by atoms with van der Waals surface area (Å²) < 4.78 is 1.63. The maximum Gasteiger partial charge on any atom is 0.258 e. The molecule has 0 saturated carbocycles. The summed E-state index contributed by atoms with van der Waals surface area (Å²) in [5.74, 6) is 0.642. The normalized spacial score (nSPS) is 19.9. The number of aryl methyl sites for hydroxylation is 1. The first-order valence-corrected chi connectivity index (χ1v) is 8.28. The third-order valence-electron chi connectivity index (χ3n) is 4.74. The molecule has 1 aliphatic rings. The predicted molar refractivity (Wildman–Crippen MR) is 89.1 cm³/mol. The standard InChI is InChI=1S/C18H25N3O/c1-13(2)16-8-4-5-9-20(16)12-15-11-17(22)21-10-6-7-14(3)18(21)19-15/h6-7,10-11,13,16H,4-5,8-9,12H2,1-3H3/t16-/m0/s1. The van der Waals surface area contributed by atoms with Crippen molar-refractivity contribution < 1.29 is 0 Å². The van der Waals surface area contributed by atoms with Gasteiger partial charge in [0.15, 0.2) is 0 Å². The van der Waals surface area contributed by atoms with Crippen molar-refractivity contribution in [2.24, 2.45) is 5.92 Å². The van der Waals surface area contributed by atoms with E-state index < -0.39 is 0 Å². The number of pyridine rings is 1. The van der Waals surface area contributed by atoms with Gasteiger partial charge in [-0.3, -0.25) is 14.1 Å². The van der Waals surface area contributed by atoms with Crippen LogP contribution in [0.25, 0.3) is 5.65 Å². The van der Waals surface area contributed by atoms with Gasteiger partial charge in [0.1, 0.15) is 5.65 Å². The highest BCUT2D eigenvalue weighted by molar-refractivity contribution is 5.46. The number of aromatic nitrogens is 2. The molecule has 22 heavy (non-hydrogen) atoms. The minimum Gasteiger partial charge on any atom is -0.294 e. The number of rotatable bonds is 3. The summed E-state index contributed by atoms with van der Waals surface area (Å²) in [4.78, 5) is 19.6. The van der Waals surface area contributed by atoms with Crippen LogP contribution in [0.1, 0.15) is 44.4 Å². The maximum absolute atomic E-state index is 12.3. The molecule has 0 aliphatic carbocycles. The summed E-state index contributed by atoms with van der Waals surface area (Å²) in [7, 11) is 0. The molecule has 2 aromatic rings. The van der Waals surface area contributed by atoms with Gasteiger partial charge in [0.2, 0.25) is 0 Å². The second-order valence-electron chi connectivity index (χ2n) is 6.75. The van der Waals surface area contributed by atoms with E-state index in [4.69, 9.17) is 4.98 Å². The smallest absolute Gasteiger partial charge is 0.258 e. The Morgan fingerprint density at radius 3 is 2.95 bits per heavy atom. The van der Waals surface area contributed by atoms with Gasteiger partial charge in [-0.2, -0.15) is 0 Å². The maximum atomic E-state index is 12.3. The average Bonchev–Trinajstić information content (AvgIpc) is 2.49. The van der Waals surface area contributed by atoms with Crippen molar-refractivity contribution in [1.29, 1.82) is 0 Å². The molecule has 0 aromatic carbocycles. The minimum atomic E-state index is 0.0156. The summed E-state index contributed by atoms with van der Waals surface area (Å²) in [6.07, 6.45) is 5.60. The second kappa shape index (κ2) is 6.21. The minimum absolute atomic E-state index is 0.0156. The lowest BCUT2D eigenvalue weighted by atomic mass is 9.92. The molecule has 0 spiro atoms. The van der Waals surface area contributed by atoms with Crippen LogP contribution in [0.4, 0.5) is 0 Å². The van der Waals surface area contributed by atoms with E-state index in [1.807, 2.05) is 19.1 Å². The van der Waals surface area contributed by atoms with Gasteiger partial charge in [-0.05, 0) is 43.9 Å². The first-order chi connectivity index (χ1) is 10.6. The van der Waals surface area contributed by atoms with Gasteiger partial charge in [0.25, 0.3) is 5.56 Å². The Bertz CT molecular complexity index is 720. The SMILES string of the molecule is Cc1cccn2c(=O)cc(CN3CCCC[C@H]3C(C)C)nc12. The lowest BCUT2D eigenvalue weighted by Gasteiger charge is -2.38. The number of nitrogens with zero attached hydrogens (tertiary/aromatic N) is 3. The van der Waals surface area contributed by atoms with Gasteiger partial charge in [0, 0.05) is 24.8 Å². The zero-order valence-corrected chi connectivity index (χ0v) is 13.7. The van der Waals surface area contributed by atoms with E-state index in [0.29, 0.717) is 12.0 Å². The molecule has 0 unspecified atom stereocenters. The Morgan fingerprint density at radius 1 is 1.36 bits per heavy atom. The molecule has 118 valence electrons. The highest BCUT2D eigenvalue weighted by Crippen LogP contribution is 2.24. The van der Waals surface area contributed by atoms with E-state index in [1.165, 1.54) is 19.3 Å². The van der Waals surface area contributed by atoms with Crippen LogP contribution >= 0.6 is 0 Å². The van der Waals surface area contributed by atoms with Gasteiger partial charge < -0.3 is 0 Å². The Hall–Kier alpha value is -1.68. The van der Waals surface area contributed by atoms with Crippen LogP contribution < -0.4 is 5.56 Å². The monoisotopic (exact) mass is 299 g/mol. The van der Waals surface area contributed by atoms with Crippen molar-refractivity contribution >= 4 is 5.65 Å². The fourth-order valence-corrected chi connectivity index (χ4v) is 3.57. The first kappa shape index (κ1) is 15.2. The first-order valence-electron chi connectivity index (χ1n) is 8.28. The summed E-state index contributed by atoms with van der Waals surface area (Å²) in [5.41, 5.74) is 2.73. The van der Waals surface area contributed by atoms with Crippen LogP contribution in [0, 0.1) is 12.8 Å². The van der Waals surface area contributed by atoms with E-state index >= 15 is 0 Å². The molecule has 0 radical (unpaired) electrons. The zero-order chi connectivity index (χ0) is 15.7. The van der Waals surface area contributed by atoms with Crippen LogP contribution in [-0.4, -0.2) is 26.9 Å². The third kappa shape index (κ3) is 2.93. The van der Waals surface area contributed by atoms with E-state index in [1.54, 1.807) is 16.7 Å². The molecule has 4 heteroatoms. The molecule has 3 rings (SSSR count). The number of hydrogen-bond acceptors (Lipinski definition) is 3. The fourth-order valence-electron chi connectivity index (χ4n) is 3.57. The molecule has 1 saturated heterocycles. The molecule has 3 heterocycles. The second-order valence-corrected chi connectivity index (χ2v) is 6.75. The van der Waals surface area contributed by atoms with Crippen molar-refractivity contribution in [3.8, 4) is 0 Å². The third-order valence-corrected chi connectivity index (χ3v) is 4.74. The van der Waals surface area contributed by atoms with Crippen molar-refractivity contribution in [2.75, 3.05) is 6.54 Å². The van der Waals surface area contributed by atoms with E-state index in [0.717, 1.165) is 30.0 Å². The lowest BCUT2D eigenvalue weighted by Crippen LogP contribution is -2.42. The summed E-state index contributed by atoms with van der Waals surface area (Å²) in [6, 6.07) is 6.19. The lowest BCUT2D eigenvalue weighted by molar-refractivity contribution is 0.103. The molecule has 0 amide bonds. The van der Waals surface area contributed by atoms with Crippen LogP contribution in [0.5, 0.6) is 0 Å². The Balaban J connectivity index is 1.93. The molecule has 0 N–H and O–H groups in total. The van der Waals surface area contributed by atoms with Gasteiger partial charge in [-0.25, -0.2) is 4.98 Å². The Kier molecular flexibility index (Phi) is 4.30. The average molecular weight is 299 g/mol. The number of fused-ring (bicyclic) bond motifs is 1. The van der Waals surface area contributed by atoms with Gasteiger partial charge >= 0.3 is 0 Å². The van der Waals surface area contributed by atoms with Crippen LogP contribution in [0.2, 0.25) is 0 Å². The van der Waals surface area contributed by atoms with Crippen LogP contribution in [0.15, 0.2) is 29.2 Å².